The van der Waals surface area contributed by atoms with Crippen molar-refractivity contribution >= 4 is 9.84 Å². The van der Waals surface area contributed by atoms with Crippen molar-refractivity contribution < 1.29 is 8.42 Å². The van der Waals surface area contributed by atoms with Gasteiger partial charge in [-0.05, 0) is 38.6 Å². The number of nitrogens with zero attached hydrogens (tertiary/aromatic N) is 1. The van der Waals surface area contributed by atoms with E-state index < -0.39 is 9.84 Å². The maximum absolute atomic E-state index is 11.8. The molecule has 0 bridgehead atoms. The van der Waals surface area contributed by atoms with Crippen LogP contribution >= 0.6 is 0 Å². The summed E-state index contributed by atoms with van der Waals surface area (Å²) in [7, 11) is -2.84. The number of sulfone groups is 1. The SMILES string of the molecule is CCCS(=O)(=O)CCN(CC1CCCCN1)C1CC1. The second-order valence-corrected chi connectivity index (χ2v) is 8.33. The molecule has 1 N–H and O–H groups in total. The van der Waals surface area contributed by atoms with Gasteiger partial charge in [0.1, 0.15) is 0 Å². The van der Waals surface area contributed by atoms with Crippen LogP contribution in [0.3, 0.4) is 0 Å². The predicted molar refractivity (Wildman–Crippen MR) is 79.2 cm³/mol. The van der Waals surface area contributed by atoms with Crippen molar-refractivity contribution in [3.05, 3.63) is 0 Å². The van der Waals surface area contributed by atoms with Gasteiger partial charge in [0.25, 0.3) is 0 Å². The molecular formula is C14H28N2O2S. The van der Waals surface area contributed by atoms with E-state index >= 15 is 0 Å². The molecule has 1 unspecified atom stereocenters. The van der Waals surface area contributed by atoms with Gasteiger partial charge in [-0.3, -0.25) is 4.90 Å². The highest BCUT2D eigenvalue weighted by Gasteiger charge is 2.31. The van der Waals surface area contributed by atoms with Gasteiger partial charge in [0.2, 0.25) is 0 Å². The lowest BCUT2D eigenvalue weighted by Gasteiger charge is -2.30. The third-order valence-electron chi connectivity index (χ3n) is 4.14. The molecule has 19 heavy (non-hydrogen) atoms. The average Bonchev–Trinajstić information content (AvgIpc) is 3.20. The predicted octanol–water partition coefficient (Wildman–Crippen LogP) is 1.42. The molecule has 2 rings (SSSR count). The maximum Gasteiger partial charge on any atom is 0.151 e. The van der Waals surface area contributed by atoms with E-state index in [0.717, 1.165) is 26.1 Å². The Balaban J connectivity index is 1.79. The number of hydrogen-bond donors (Lipinski definition) is 1. The highest BCUT2D eigenvalue weighted by Crippen LogP contribution is 2.27. The molecule has 5 heteroatoms. The van der Waals surface area contributed by atoms with Gasteiger partial charge in [-0.2, -0.15) is 0 Å². The first-order valence-electron chi connectivity index (χ1n) is 7.78. The molecule has 1 saturated carbocycles. The van der Waals surface area contributed by atoms with E-state index in [1.54, 1.807) is 0 Å². The van der Waals surface area contributed by atoms with E-state index in [1.807, 2.05) is 6.92 Å². The van der Waals surface area contributed by atoms with Crippen LogP contribution in [-0.4, -0.2) is 56.5 Å². The lowest BCUT2D eigenvalue weighted by Crippen LogP contribution is -2.45. The Kier molecular flexibility index (Phi) is 5.66. The first-order valence-corrected chi connectivity index (χ1v) is 9.61. The minimum Gasteiger partial charge on any atom is -0.313 e. The smallest absolute Gasteiger partial charge is 0.151 e. The van der Waals surface area contributed by atoms with Crippen molar-refractivity contribution in [1.29, 1.82) is 0 Å². The number of rotatable bonds is 8. The monoisotopic (exact) mass is 288 g/mol. The summed E-state index contributed by atoms with van der Waals surface area (Å²) in [5, 5.41) is 3.56. The Morgan fingerprint density at radius 3 is 2.53 bits per heavy atom. The second-order valence-electron chi connectivity index (χ2n) is 6.02. The Morgan fingerprint density at radius 1 is 1.16 bits per heavy atom. The first-order chi connectivity index (χ1) is 9.11. The van der Waals surface area contributed by atoms with Crippen molar-refractivity contribution in [1.82, 2.24) is 10.2 Å². The first kappa shape index (κ1) is 15.3. The highest BCUT2D eigenvalue weighted by atomic mass is 32.2. The largest absolute Gasteiger partial charge is 0.313 e. The molecule has 0 radical (unpaired) electrons. The average molecular weight is 288 g/mol. The molecular weight excluding hydrogens is 260 g/mol. The normalized spacial score (nSPS) is 24.8. The zero-order chi connectivity index (χ0) is 13.7. The zero-order valence-electron chi connectivity index (χ0n) is 12.1. The summed E-state index contributed by atoms with van der Waals surface area (Å²) in [5.74, 6) is 0.678. The molecule has 0 aromatic rings. The van der Waals surface area contributed by atoms with Gasteiger partial charge < -0.3 is 5.32 Å². The number of nitrogens with one attached hydrogen (secondary N) is 1. The summed E-state index contributed by atoms with van der Waals surface area (Å²) < 4.78 is 23.7. The molecule has 0 spiro atoms. The summed E-state index contributed by atoms with van der Waals surface area (Å²) in [6.07, 6.45) is 7.07. The van der Waals surface area contributed by atoms with E-state index in [1.165, 1.54) is 32.1 Å². The Bertz CT molecular complexity index is 360. The summed E-state index contributed by atoms with van der Waals surface area (Å²) in [5.41, 5.74) is 0. The Labute approximate surface area is 117 Å². The van der Waals surface area contributed by atoms with Gasteiger partial charge in [0, 0.05) is 30.9 Å². The molecule has 1 aliphatic carbocycles. The van der Waals surface area contributed by atoms with Crippen LogP contribution in [0.4, 0.5) is 0 Å². The lowest BCUT2D eigenvalue weighted by molar-refractivity contribution is 0.226. The van der Waals surface area contributed by atoms with Crippen molar-refractivity contribution in [3.8, 4) is 0 Å². The van der Waals surface area contributed by atoms with Crippen LogP contribution < -0.4 is 5.32 Å². The topological polar surface area (TPSA) is 49.4 Å². The van der Waals surface area contributed by atoms with Crippen molar-refractivity contribution in [2.75, 3.05) is 31.1 Å². The molecule has 1 aliphatic heterocycles. The summed E-state index contributed by atoms with van der Waals surface area (Å²) in [6.45, 7) is 4.82. The van der Waals surface area contributed by atoms with Crippen LogP contribution in [0.15, 0.2) is 0 Å². The Morgan fingerprint density at radius 2 is 1.95 bits per heavy atom. The van der Waals surface area contributed by atoms with Crippen LogP contribution in [0.2, 0.25) is 0 Å². The van der Waals surface area contributed by atoms with Gasteiger partial charge in [-0.1, -0.05) is 13.3 Å². The highest BCUT2D eigenvalue weighted by molar-refractivity contribution is 7.91. The van der Waals surface area contributed by atoms with Gasteiger partial charge in [-0.25, -0.2) is 8.42 Å². The van der Waals surface area contributed by atoms with E-state index in [4.69, 9.17) is 0 Å². The summed E-state index contributed by atoms with van der Waals surface area (Å²) in [4.78, 5) is 2.41. The number of piperidine rings is 1. The van der Waals surface area contributed by atoms with E-state index in [0.29, 0.717) is 23.6 Å². The minimum atomic E-state index is -2.84. The third-order valence-corrected chi connectivity index (χ3v) is 5.97. The Hall–Kier alpha value is -0.130. The molecule has 1 atom stereocenters. The van der Waals surface area contributed by atoms with Crippen LogP contribution in [0, 0.1) is 0 Å². The van der Waals surface area contributed by atoms with E-state index in [2.05, 4.69) is 10.2 Å². The van der Waals surface area contributed by atoms with Crippen LogP contribution in [0.25, 0.3) is 0 Å². The van der Waals surface area contributed by atoms with Crippen LogP contribution in [0.1, 0.15) is 45.4 Å². The molecule has 4 nitrogen and oxygen atoms in total. The summed E-state index contributed by atoms with van der Waals surface area (Å²) in [6, 6.07) is 1.23. The minimum absolute atomic E-state index is 0.337. The van der Waals surface area contributed by atoms with Crippen molar-refractivity contribution in [2.24, 2.45) is 0 Å². The third kappa shape index (κ3) is 5.40. The quantitative estimate of drug-likeness (QED) is 0.734. The molecule has 1 saturated heterocycles. The molecule has 2 aliphatic rings. The molecule has 1 heterocycles. The zero-order valence-corrected chi connectivity index (χ0v) is 12.9. The van der Waals surface area contributed by atoms with Crippen LogP contribution in [0.5, 0.6) is 0 Å². The van der Waals surface area contributed by atoms with Crippen molar-refractivity contribution in [2.45, 2.75) is 57.5 Å². The van der Waals surface area contributed by atoms with E-state index in [9.17, 15) is 8.42 Å². The standard InChI is InChI=1S/C14H28N2O2S/c1-2-10-19(17,18)11-9-16(14-6-7-14)12-13-5-3-4-8-15-13/h13-15H,2-12H2,1H3. The van der Waals surface area contributed by atoms with E-state index in [-0.39, 0.29) is 0 Å². The lowest BCUT2D eigenvalue weighted by atomic mass is 10.0. The molecule has 0 aromatic carbocycles. The fraction of sp³-hybridized carbons (Fsp3) is 1.00. The fourth-order valence-electron chi connectivity index (χ4n) is 2.89. The van der Waals surface area contributed by atoms with Gasteiger partial charge in [0.05, 0.1) is 5.75 Å². The van der Waals surface area contributed by atoms with Crippen LogP contribution in [-0.2, 0) is 9.84 Å². The number of hydrogen-bond acceptors (Lipinski definition) is 4. The molecule has 2 fully saturated rings. The molecule has 0 aromatic heterocycles. The van der Waals surface area contributed by atoms with Gasteiger partial charge in [-0.15, -0.1) is 0 Å². The second kappa shape index (κ2) is 7.04. The summed E-state index contributed by atoms with van der Waals surface area (Å²) >= 11 is 0. The fourth-order valence-corrected chi connectivity index (χ4v) is 4.23. The van der Waals surface area contributed by atoms with Gasteiger partial charge >= 0.3 is 0 Å². The molecule has 0 amide bonds. The van der Waals surface area contributed by atoms with Gasteiger partial charge in [0.15, 0.2) is 9.84 Å². The molecule has 112 valence electrons. The maximum atomic E-state index is 11.8. The van der Waals surface area contributed by atoms with Crippen molar-refractivity contribution in [3.63, 3.8) is 0 Å².